The molecule has 0 heterocycles. The highest BCUT2D eigenvalue weighted by atomic mass is 79.9. The molecule has 2 nitrogen and oxygen atoms in total. The molecule has 0 unspecified atom stereocenters. The van der Waals surface area contributed by atoms with E-state index < -0.39 is 0 Å². The maximum absolute atomic E-state index is 13.1. The molecule has 0 bridgehead atoms. The molecule has 4 heteroatoms. The number of halogens is 2. The summed E-state index contributed by atoms with van der Waals surface area (Å²) in [7, 11) is 0. The zero-order valence-corrected chi connectivity index (χ0v) is 12.1. The summed E-state index contributed by atoms with van der Waals surface area (Å²) in [6.07, 6.45) is 0. The molecule has 2 aromatic carbocycles. The van der Waals surface area contributed by atoms with Crippen LogP contribution in [-0.4, -0.2) is 5.11 Å². The van der Waals surface area contributed by atoms with Gasteiger partial charge in [0.15, 0.2) is 0 Å². The summed E-state index contributed by atoms with van der Waals surface area (Å²) >= 11 is 3.43. The molecule has 0 fully saturated rings. The van der Waals surface area contributed by atoms with Gasteiger partial charge in [-0.25, -0.2) is 4.39 Å². The summed E-state index contributed by atoms with van der Waals surface area (Å²) in [4.78, 5) is 0. The van der Waals surface area contributed by atoms with Crippen LogP contribution in [0.3, 0.4) is 0 Å². The Morgan fingerprint density at radius 1 is 1.26 bits per heavy atom. The third kappa shape index (κ3) is 3.78. The van der Waals surface area contributed by atoms with Crippen molar-refractivity contribution in [2.45, 2.75) is 19.5 Å². The monoisotopic (exact) mass is 323 g/mol. The van der Waals surface area contributed by atoms with Crippen LogP contribution in [0.25, 0.3) is 0 Å². The average molecular weight is 324 g/mol. The zero-order chi connectivity index (χ0) is 13.8. The number of phenols is 1. The number of benzene rings is 2. The Kier molecular flexibility index (Phi) is 4.56. The highest BCUT2D eigenvalue weighted by molar-refractivity contribution is 9.10. The molecule has 2 N–H and O–H groups in total. The lowest BCUT2D eigenvalue weighted by molar-refractivity contribution is 0.457. The van der Waals surface area contributed by atoms with Gasteiger partial charge in [-0.15, -0.1) is 0 Å². The molecule has 0 aliphatic heterocycles. The lowest BCUT2D eigenvalue weighted by Crippen LogP contribution is -2.18. The van der Waals surface area contributed by atoms with Crippen molar-refractivity contribution in [1.29, 1.82) is 0 Å². The predicted octanol–water partition coefficient (Wildman–Crippen LogP) is 4.14. The van der Waals surface area contributed by atoms with Crippen LogP contribution in [0.2, 0.25) is 0 Å². The first-order valence-corrected chi connectivity index (χ1v) is 6.82. The summed E-state index contributed by atoms with van der Waals surface area (Å²) in [6.45, 7) is 2.44. The molecule has 1 atom stereocenters. The lowest BCUT2D eigenvalue weighted by Gasteiger charge is -2.15. The molecular weight excluding hydrogens is 309 g/mol. The molecule has 2 aromatic rings. The minimum absolute atomic E-state index is 0.107. The van der Waals surface area contributed by atoms with Crippen molar-refractivity contribution in [3.8, 4) is 5.75 Å². The van der Waals surface area contributed by atoms with E-state index in [4.69, 9.17) is 0 Å². The minimum Gasteiger partial charge on any atom is -0.508 e. The van der Waals surface area contributed by atoms with Crippen molar-refractivity contribution < 1.29 is 9.50 Å². The quantitative estimate of drug-likeness (QED) is 0.886. The van der Waals surface area contributed by atoms with Crippen LogP contribution in [0.5, 0.6) is 5.75 Å². The smallest absolute Gasteiger partial charge is 0.123 e. The fraction of sp³-hybridized carbons (Fsp3) is 0.200. The first-order valence-electron chi connectivity index (χ1n) is 6.02. The number of aromatic hydroxyl groups is 1. The molecule has 0 aliphatic rings. The van der Waals surface area contributed by atoms with Crippen molar-refractivity contribution in [1.82, 2.24) is 5.32 Å². The van der Waals surface area contributed by atoms with E-state index in [1.165, 1.54) is 18.2 Å². The topological polar surface area (TPSA) is 32.3 Å². The maximum Gasteiger partial charge on any atom is 0.123 e. The van der Waals surface area contributed by atoms with E-state index in [0.717, 1.165) is 10.0 Å². The molecule has 2 rings (SSSR count). The van der Waals surface area contributed by atoms with Gasteiger partial charge in [-0.3, -0.25) is 0 Å². The number of hydrogen-bond acceptors (Lipinski definition) is 2. The number of hydrogen-bond donors (Lipinski definition) is 2. The Morgan fingerprint density at radius 3 is 2.79 bits per heavy atom. The third-order valence-electron chi connectivity index (χ3n) is 2.99. The Balaban J connectivity index is 2.04. The van der Waals surface area contributed by atoms with Crippen LogP contribution in [0.15, 0.2) is 46.9 Å². The number of nitrogens with one attached hydrogen (secondary N) is 1. The standard InChI is InChI=1S/C15H15BrFNO/c1-10(11-3-2-4-13(16)7-11)18-9-12-8-14(17)5-6-15(12)19/h2-8,10,18-19H,9H2,1H3/t10-/m0/s1. The molecule has 100 valence electrons. The first kappa shape index (κ1) is 14.0. The van der Waals surface area contributed by atoms with Crippen LogP contribution in [0, 0.1) is 5.82 Å². The minimum atomic E-state index is -0.343. The van der Waals surface area contributed by atoms with Crippen molar-refractivity contribution >= 4 is 15.9 Å². The molecular formula is C15H15BrFNO. The number of phenolic OH excluding ortho intramolecular Hbond substituents is 1. The van der Waals surface area contributed by atoms with Crippen LogP contribution < -0.4 is 5.32 Å². The summed E-state index contributed by atoms with van der Waals surface area (Å²) in [5.74, 6) is -0.236. The van der Waals surface area contributed by atoms with E-state index >= 15 is 0 Å². The molecule has 0 saturated carbocycles. The molecule has 19 heavy (non-hydrogen) atoms. The van der Waals surface area contributed by atoms with E-state index in [0.29, 0.717) is 12.1 Å². The van der Waals surface area contributed by atoms with Crippen LogP contribution in [-0.2, 0) is 6.54 Å². The van der Waals surface area contributed by atoms with E-state index in [9.17, 15) is 9.50 Å². The van der Waals surface area contributed by atoms with E-state index in [1.54, 1.807) is 0 Å². The highest BCUT2D eigenvalue weighted by Gasteiger charge is 2.08. The SMILES string of the molecule is C[C@H](NCc1cc(F)ccc1O)c1cccc(Br)c1. The lowest BCUT2D eigenvalue weighted by atomic mass is 10.1. The van der Waals surface area contributed by atoms with Gasteiger partial charge in [0.1, 0.15) is 11.6 Å². The van der Waals surface area contributed by atoms with Gasteiger partial charge in [0.25, 0.3) is 0 Å². The third-order valence-corrected chi connectivity index (χ3v) is 3.48. The van der Waals surface area contributed by atoms with Gasteiger partial charge in [-0.05, 0) is 42.8 Å². The molecule has 0 saturated heterocycles. The molecule has 0 aromatic heterocycles. The fourth-order valence-electron chi connectivity index (χ4n) is 1.85. The summed E-state index contributed by atoms with van der Waals surface area (Å²) in [6, 6.07) is 12.1. The van der Waals surface area contributed by atoms with E-state index in [-0.39, 0.29) is 17.6 Å². The van der Waals surface area contributed by atoms with Crippen molar-refractivity contribution in [3.05, 3.63) is 63.9 Å². The van der Waals surface area contributed by atoms with Crippen molar-refractivity contribution in [3.63, 3.8) is 0 Å². The van der Waals surface area contributed by atoms with E-state index in [2.05, 4.69) is 21.2 Å². The van der Waals surface area contributed by atoms with Crippen molar-refractivity contribution in [2.24, 2.45) is 0 Å². The molecule has 0 aliphatic carbocycles. The Morgan fingerprint density at radius 2 is 2.05 bits per heavy atom. The predicted molar refractivity (Wildman–Crippen MR) is 77.5 cm³/mol. The summed E-state index contributed by atoms with van der Waals surface area (Å²) in [5, 5.41) is 12.9. The van der Waals surface area contributed by atoms with Gasteiger partial charge in [-0.1, -0.05) is 28.1 Å². The van der Waals surface area contributed by atoms with Crippen LogP contribution >= 0.6 is 15.9 Å². The second kappa shape index (κ2) is 6.17. The van der Waals surface area contributed by atoms with E-state index in [1.807, 2.05) is 31.2 Å². The molecule has 0 amide bonds. The second-order valence-corrected chi connectivity index (χ2v) is 5.35. The fourth-order valence-corrected chi connectivity index (χ4v) is 2.27. The summed E-state index contributed by atoms with van der Waals surface area (Å²) < 4.78 is 14.1. The van der Waals surface area contributed by atoms with Gasteiger partial charge in [0.05, 0.1) is 0 Å². The van der Waals surface area contributed by atoms with Crippen LogP contribution in [0.4, 0.5) is 4.39 Å². The van der Waals surface area contributed by atoms with Gasteiger partial charge < -0.3 is 10.4 Å². The van der Waals surface area contributed by atoms with Gasteiger partial charge >= 0.3 is 0 Å². The zero-order valence-electron chi connectivity index (χ0n) is 10.5. The molecule has 0 spiro atoms. The second-order valence-electron chi connectivity index (χ2n) is 4.43. The number of rotatable bonds is 4. The van der Waals surface area contributed by atoms with Gasteiger partial charge in [0, 0.05) is 22.6 Å². The summed E-state index contributed by atoms with van der Waals surface area (Å²) in [5.41, 5.74) is 1.69. The maximum atomic E-state index is 13.1. The van der Waals surface area contributed by atoms with Gasteiger partial charge in [0.2, 0.25) is 0 Å². The Bertz CT molecular complexity index is 574. The Labute approximate surface area is 120 Å². The molecule has 0 radical (unpaired) electrons. The van der Waals surface area contributed by atoms with Crippen molar-refractivity contribution in [2.75, 3.05) is 0 Å². The normalized spacial score (nSPS) is 12.4. The van der Waals surface area contributed by atoms with Gasteiger partial charge in [-0.2, -0.15) is 0 Å². The highest BCUT2D eigenvalue weighted by Crippen LogP contribution is 2.21. The average Bonchev–Trinajstić information content (AvgIpc) is 2.39. The largest absolute Gasteiger partial charge is 0.508 e. The van der Waals surface area contributed by atoms with Crippen LogP contribution in [0.1, 0.15) is 24.1 Å². The first-order chi connectivity index (χ1) is 9.06. The Hall–Kier alpha value is -1.39.